The summed E-state index contributed by atoms with van der Waals surface area (Å²) in [4.78, 5) is 12.2. The van der Waals surface area contributed by atoms with Gasteiger partial charge in [0.25, 0.3) is 0 Å². The van der Waals surface area contributed by atoms with Gasteiger partial charge in [-0.25, -0.2) is 18.0 Å². The summed E-state index contributed by atoms with van der Waals surface area (Å²) in [5.74, 6) is -1.23. The van der Waals surface area contributed by atoms with Crippen molar-refractivity contribution in [1.29, 1.82) is 0 Å². The number of aryl methyl sites for hydroxylation is 3. The summed E-state index contributed by atoms with van der Waals surface area (Å²) in [6, 6.07) is 12.5. The number of esters is 1. The minimum Gasteiger partial charge on any atom is -0.487 e. The fourth-order valence-corrected chi connectivity index (χ4v) is 5.38. The van der Waals surface area contributed by atoms with E-state index in [0.29, 0.717) is 21.9 Å². The van der Waals surface area contributed by atoms with Crippen LogP contribution in [0.3, 0.4) is 0 Å². The van der Waals surface area contributed by atoms with Gasteiger partial charge in [-0.3, -0.25) is 0 Å². The molecule has 0 aliphatic heterocycles. The topological polar surface area (TPSA) is 38.8 Å². The number of hydrogen-bond acceptors (Lipinski definition) is 5. The van der Waals surface area contributed by atoms with Crippen LogP contribution in [0.5, 0.6) is 5.75 Å². The molecule has 36 heavy (non-hydrogen) atoms. The quantitative estimate of drug-likeness (QED) is 0.227. The molecular formula is C28H28F3NO3S. The second-order valence-corrected chi connectivity index (χ2v) is 10.00. The number of methoxy groups -OCH3 is 1. The molecule has 0 fully saturated rings. The molecule has 3 aromatic carbocycles. The molecule has 190 valence electrons. The highest BCUT2D eigenvalue weighted by molar-refractivity contribution is 8.00. The van der Waals surface area contributed by atoms with Crippen LogP contribution < -0.4 is 9.04 Å². The molecule has 0 spiro atoms. The van der Waals surface area contributed by atoms with Crippen LogP contribution in [0.4, 0.5) is 18.9 Å². The van der Waals surface area contributed by atoms with Crippen LogP contribution in [0.1, 0.15) is 46.0 Å². The SMILES string of the molecule is COC(=O)c1ccc(COc2cc3c(cc2N(CC(C)F)Sc2cc(F)cc(F)c2)CCC3)c(C)c1. The number of hydrogen-bond donors (Lipinski definition) is 0. The van der Waals surface area contributed by atoms with Crippen molar-refractivity contribution >= 4 is 23.6 Å². The van der Waals surface area contributed by atoms with Crippen LogP contribution in [0.25, 0.3) is 0 Å². The highest BCUT2D eigenvalue weighted by Gasteiger charge is 2.22. The molecule has 1 unspecified atom stereocenters. The van der Waals surface area contributed by atoms with Crippen LogP contribution >= 0.6 is 11.9 Å². The van der Waals surface area contributed by atoms with Crippen molar-refractivity contribution < 1.29 is 27.4 Å². The summed E-state index contributed by atoms with van der Waals surface area (Å²) in [5, 5.41) is 0. The number of fused-ring (bicyclic) bond motifs is 1. The van der Waals surface area contributed by atoms with Crippen molar-refractivity contribution in [3.63, 3.8) is 0 Å². The zero-order valence-electron chi connectivity index (χ0n) is 20.4. The number of alkyl halides is 1. The molecule has 4 rings (SSSR count). The third kappa shape index (κ3) is 6.16. The third-order valence-corrected chi connectivity index (χ3v) is 7.07. The monoisotopic (exact) mass is 515 g/mol. The van der Waals surface area contributed by atoms with Gasteiger partial charge in [0, 0.05) is 11.0 Å². The number of carbonyl (C=O) groups excluding carboxylic acids is 1. The van der Waals surface area contributed by atoms with Crippen molar-refractivity contribution in [3.8, 4) is 5.75 Å². The van der Waals surface area contributed by atoms with Crippen LogP contribution in [0, 0.1) is 18.6 Å². The molecular weight excluding hydrogens is 487 g/mol. The van der Waals surface area contributed by atoms with E-state index in [4.69, 9.17) is 9.47 Å². The van der Waals surface area contributed by atoms with Crippen molar-refractivity contribution in [2.45, 2.75) is 50.8 Å². The summed E-state index contributed by atoms with van der Waals surface area (Å²) >= 11 is 1.07. The molecule has 8 heteroatoms. The summed E-state index contributed by atoms with van der Waals surface area (Å²) in [5.41, 5.74) is 5.22. The average molecular weight is 516 g/mol. The van der Waals surface area contributed by atoms with E-state index in [1.165, 1.54) is 37.3 Å². The maximum atomic E-state index is 14.3. The fraction of sp³-hybridized carbons (Fsp3) is 0.321. The van der Waals surface area contributed by atoms with Crippen molar-refractivity contribution in [1.82, 2.24) is 0 Å². The van der Waals surface area contributed by atoms with Gasteiger partial charge < -0.3 is 13.8 Å². The number of nitrogens with zero attached hydrogens (tertiary/aromatic N) is 1. The molecule has 1 atom stereocenters. The first kappa shape index (κ1) is 25.9. The summed E-state index contributed by atoms with van der Waals surface area (Å²) in [7, 11) is 1.34. The summed E-state index contributed by atoms with van der Waals surface area (Å²) in [6.07, 6.45) is 1.68. The first-order valence-corrected chi connectivity index (χ1v) is 12.5. The van der Waals surface area contributed by atoms with Gasteiger partial charge >= 0.3 is 5.97 Å². The molecule has 1 aliphatic rings. The first-order valence-electron chi connectivity index (χ1n) is 11.8. The number of anilines is 1. The molecule has 0 radical (unpaired) electrons. The van der Waals surface area contributed by atoms with Crippen molar-refractivity contribution in [2.24, 2.45) is 0 Å². The van der Waals surface area contributed by atoms with Gasteiger partial charge in [-0.15, -0.1) is 0 Å². The Labute approximate surface area is 213 Å². The van der Waals surface area contributed by atoms with Gasteiger partial charge in [-0.2, -0.15) is 0 Å². The lowest BCUT2D eigenvalue weighted by Gasteiger charge is -2.27. The second kappa shape index (κ2) is 11.3. The summed E-state index contributed by atoms with van der Waals surface area (Å²) < 4.78 is 54.7. The van der Waals surface area contributed by atoms with E-state index in [1.54, 1.807) is 16.4 Å². The maximum Gasteiger partial charge on any atom is 0.337 e. The number of ether oxygens (including phenoxy) is 2. The van der Waals surface area contributed by atoms with Gasteiger partial charge in [0.05, 0.1) is 24.9 Å². The Kier molecular flexibility index (Phi) is 8.14. The molecule has 0 bridgehead atoms. The predicted octanol–water partition coefficient (Wildman–Crippen LogP) is 7.00. The number of carbonyl (C=O) groups is 1. The molecule has 1 aliphatic carbocycles. The molecule has 4 nitrogen and oxygen atoms in total. The van der Waals surface area contributed by atoms with E-state index < -0.39 is 23.8 Å². The Balaban J connectivity index is 1.66. The lowest BCUT2D eigenvalue weighted by atomic mass is 10.1. The minimum absolute atomic E-state index is 0.00476. The highest BCUT2D eigenvalue weighted by Crippen LogP contribution is 2.41. The molecule has 3 aromatic rings. The van der Waals surface area contributed by atoms with Crippen LogP contribution in [0.2, 0.25) is 0 Å². The Morgan fingerprint density at radius 3 is 2.39 bits per heavy atom. The van der Waals surface area contributed by atoms with E-state index in [2.05, 4.69) is 0 Å². The Bertz CT molecular complexity index is 1240. The van der Waals surface area contributed by atoms with Crippen LogP contribution in [-0.2, 0) is 24.2 Å². The zero-order valence-corrected chi connectivity index (χ0v) is 21.3. The largest absolute Gasteiger partial charge is 0.487 e. The smallest absolute Gasteiger partial charge is 0.337 e. The van der Waals surface area contributed by atoms with E-state index in [9.17, 15) is 18.0 Å². The van der Waals surface area contributed by atoms with Crippen LogP contribution in [0.15, 0.2) is 53.4 Å². The minimum atomic E-state index is -1.19. The van der Waals surface area contributed by atoms with E-state index in [0.717, 1.165) is 48.4 Å². The standard InChI is InChI=1S/C28H28F3NO3S/c1-17-9-21(28(33)34-3)7-8-22(17)16-35-27-11-20-6-4-5-19(20)10-26(27)32(15-18(2)29)36-25-13-23(30)12-24(31)14-25/h7-14,18H,4-6,15-16H2,1-3H3. The molecule has 0 N–H and O–H groups in total. The van der Waals surface area contributed by atoms with Gasteiger partial charge in [0.2, 0.25) is 0 Å². The van der Waals surface area contributed by atoms with Gasteiger partial charge in [-0.1, -0.05) is 6.07 Å². The van der Waals surface area contributed by atoms with E-state index in [-0.39, 0.29) is 13.2 Å². The predicted molar refractivity (Wildman–Crippen MR) is 135 cm³/mol. The van der Waals surface area contributed by atoms with Gasteiger partial charge in [-0.05, 0) is 104 Å². The van der Waals surface area contributed by atoms with Crippen molar-refractivity contribution in [3.05, 3.63) is 88.0 Å². The van der Waals surface area contributed by atoms with Gasteiger partial charge in [0.15, 0.2) is 0 Å². The number of rotatable bonds is 9. The van der Waals surface area contributed by atoms with Crippen LogP contribution in [-0.4, -0.2) is 25.8 Å². The normalized spacial score (nSPS) is 13.3. The Morgan fingerprint density at radius 2 is 1.75 bits per heavy atom. The number of halogens is 3. The number of benzene rings is 3. The van der Waals surface area contributed by atoms with E-state index in [1.807, 2.05) is 25.1 Å². The zero-order chi connectivity index (χ0) is 25.8. The highest BCUT2D eigenvalue weighted by atomic mass is 32.2. The first-order chi connectivity index (χ1) is 17.2. The lowest BCUT2D eigenvalue weighted by Crippen LogP contribution is -2.23. The average Bonchev–Trinajstić information content (AvgIpc) is 3.28. The maximum absolute atomic E-state index is 14.3. The third-order valence-electron chi connectivity index (χ3n) is 6.06. The van der Waals surface area contributed by atoms with Gasteiger partial charge in [0.1, 0.15) is 30.2 Å². The van der Waals surface area contributed by atoms with E-state index >= 15 is 0 Å². The fourth-order valence-electron chi connectivity index (χ4n) is 4.28. The molecule has 0 saturated heterocycles. The molecule has 0 amide bonds. The molecule has 0 saturated carbocycles. The molecule has 0 aromatic heterocycles. The lowest BCUT2D eigenvalue weighted by molar-refractivity contribution is 0.0600. The summed E-state index contributed by atoms with van der Waals surface area (Å²) in [6.45, 7) is 3.57. The second-order valence-electron chi connectivity index (χ2n) is 8.90. The van der Waals surface area contributed by atoms with Crippen molar-refractivity contribution in [2.75, 3.05) is 18.0 Å². The Hall–Kier alpha value is -3.13. The molecule has 0 heterocycles. The Morgan fingerprint density at radius 1 is 1.06 bits per heavy atom.